The number of amides is 3. The molecule has 0 spiro atoms. The molecule has 0 radical (unpaired) electrons. The highest BCUT2D eigenvalue weighted by atomic mass is 32.2. The number of aryl methyl sites for hydroxylation is 1. The Morgan fingerprint density at radius 1 is 1.30 bits per heavy atom. The van der Waals surface area contributed by atoms with Gasteiger partial charge >= 0.3 is 11.4 Å². The predicted molar refractivity (Wildman–Crippen MR) is 81.7 cm³/mol. The van der Waals surface area contributed by atoms with E-state index in [4.69, 9.17) is 4.55 Å². The number of hydrogen-bond acceptors (Lipinski definition) is 5. The van der Waals surface area contributed by atoms with Crippen molar-refractivity contribution >= 4 is 34.8 Å². The Morgan fingerprint density at radius 3 is 2.52 bits per heavy atom. The second-order valence-corrected chi connectivity index (χ2v) is 5.34. The zero-order valence-electron chi connectivity index (χ0n) is 12.1. The van der Waals surface area contributed by atoms with Crippen LogP contribution < -0.4 is 9.50 Å². The first-order valence-corrected chi connectivity index (χ1v) is 7.63. The van der Waals surface area contributed by atoms with Crippen LogP contribution in [0.4, 0.5) is 5.69 Å². The van der Waals surface area contributed by atoms with E-state index in [0.29, 0.717) is 11.3 Å². The number of hydrogen-bond donors (Lipinski definition) is 2. The number of benzene rings is 1. The van der Waals surface area contributed by atoms with Gasteiger partial charge in [-0.3, -0.25) is 23.8 Å². The molecule has 9 heteroatoms. The molecular weight excluding hydrogens is 324 g/mol. The van der Waals surface area contributed by atoms with Crippen LogP contribution in [0, 0.1) is 6.92 Å². The van der Waals surface area contributed by atoms with E-state index < -0.39 is 23.2 Å². The third-order valence-electron chi connectivity index (χ3n) is 3.08. The maximum absolute atomic E-state index is 11.9. The van der Waals surface area contributed by atoms with Gasteiger partial charge in [0.1, 0.15) is 5.75 Å². The molecule has 1 aromatic rings. The van der Waals surface area contributed by atoms with Crippen molar-refractivity contribution < 1.29 is 27.3 Å². The van der Waals surface area contributed by atoms with E-state index >= 15 is 0 Å². The minimum absolute atomic E-state index is 0.000170. The Bertz CT molecular complexity index is 697. The van der Waals surface area contributed by atoms with E-state index in [1.165, 1.54) is 12.1 Å². The van der Waals surface area contributed by atoms with Gasteiger partial charge in [-0.15, -0.1) is 0 Å². The molecule has 3 amide bonds. The standard InChI is InChI=1S/C14H14N2O6S/c1-9-8-10(2-3-11(9)22-23(20)21)15-12(17)6-7-16-13(18)4-5-14(16)19/h2-5,8H,6-7H2,1H3,(H,15,17)(H,20,21). The lowest BCUT2D eigenvalue weighted by molar-refractivity contribution is -0.137. The summed E-state index contributed by atoms with van der Waals surface area (Å²) in [6, 6.07) is 4.55. The lowest BCUT2D eigenvalue weighted by atomic mass is 10.2. The SMILES string of the molecule is Cc1cc(NC(=O)CCN2C(=O)C=CC2=O)ccc1OS(=O)O. The largest absolute Gasteiger partial charge is 0.380 e. The molecule has 8 nitrogen and oxygen atoms in total. The van der Waals surface area contributed by atoms with Crippen molar-refractivity contribution in [1.29, 1.82) is 0 Å². The molecule has 0 saturated heterocycles. The molecule has 1 aliphatic rings. The van der Waals surface area contributed by atoms with Gasteiger partial charge in [-0.2, -0.15) is 4.21 Å². The van der Waals surface area contributed by atoms with Gasteiger partial charge in [-0.1, -0.05) is 0 Å². The average Bonchev–Trinajstić information content (AvgIpc) is 2.78. The second kappa shape index (κ2) is 7.16. The van der Waals surface area contributed by atoms with Crippen molar-refractivity contribution in [1.82, 2.24) is 4.90 Å². The molecule has 1 aromatic carbocycles. The van der Waals surface area contributed by atoms with Gasteiger partial charge in [0.05, 0.1) is 0 Å². The number of nitrogens with one attached hydrogen (secondary N) is 1. The number of carbonyl (C=O) groups excluding carboxylic acids is 3. The van der Waals surface area contributed by atoms with E-state index in [0.717, 1.165) is 17.1 Å². The Kier molecular flexibility index (Phi) is 5.24. The van der Waals surface area contributed by atoms with Crippen molar-refractivity contribution in [3.8, 4) is 5.75 Å². The van der Waals surface area contributed by atoms with Crippen LogP contribution in [-0.4, -0.2) is 37.9 Å². The summed E-state index contributed by atoms with van der Waals surface area (Å²) in [6.07, 6.45) is 2.29. The molecule has 23 heavy (non-hydrogen) atoms. The van der Waals surface area contributed by atoms with E-state index in [1.54, 1.807) is 13.0 Å². The summed E-state index contributed by atoms with van der Waals surface area (Å²) in [4.78, 5) is 35.5. The Morgan fingerprint density at radius 2 is 1.96 bits per heavy atom. The molecule has 0 aliphatic carbocycles. The third-order valence-corrected chi connectivity index (χ3v) is 3.40. The van der Waals surface area contributed by atoms with Gasteiger partial charge < -0.3 is 9.50 Å². The summed E-state index contributed by atoms with van der Waals surface area (Å²) in [5, 5.41) is 2.61. The van der Waals surface area contributed by atoms with Crippen molar-refractivity contribution in [3.05, 3.63) is 35.9 Å². The van der Waals surface area contributed by atoms with Crippen molar-refractivity contribution in [3.63, 3.8) is 0 Å². The van der Waals surface area contributed by atoms with Gasteiger partial charge in [0.2, 0.25) is 5.91 Å². The van der Waals surface area contributed by atoms with Crippen molar-refractivity contribution in [2.45, 2.75) is 13.3 Å². The molecule has 2 rings (SSSR count). The van der Waals surface area contributed by atoms with Crippen LogP contribution >= 0.6 is 0 Å². The van der Waals surface area contributed by atoms with Crippen molar-refractivity contribution in [2.24, 2.45) is 0 Å². The lowest BCUT2D eigenvalue weighted by Crippen LogP contribution is -2.33. The highest BCUT2D eigenvalue weighted by molar-refractivity contribution is 7.74. The maximum Gasteiger partial charge on any atom is 0.357 e. The number of rotatable bonds is 6. The molecule has 2 N–H and O–H groups in total. The van der Waals surface area contributed by atoms with Crippen LogP contribution in [-0.2, 0) is 25.7 Å². The zero-order chi connectivity index (χ0) is 17.0. The molecule has 122 valence electrons. The third kappa shape index (κ3) is 4.47. The normalized spacial score (nSPS) is 15.0. The number of carbonyl (C=O) groups is 3. The van der Waals surface area contributed by atoms with E-state index in [1.807, 2.05) is 0 Å². The molecule has 1 aliphatic heterocycles. The monoisotopic (exact) mass is 338 g/mol. The number of nitrogens with zero attached hydrogens (tertiary/aromatic N) is 1. The van der Waals surface area contributed by atoms with Crippen LogP contribution in [0.3, 0.4) is 0 Å². The molecule has 1 unspecified atom stereocenters. The Labute approximate surface area is 134 Å². The molecule has 0 aromatic heterocycles. The minimum atomic E-state index is -2.42. The van der Waals surface area contributed by atoms with Crippen LogP contribution in [0.5, 0.6) is 5.75 Å². The summed E-state index contributed by atoms with van der Waals surface area (Å²) >= 11 is -2.42. The van der Waals surface area contributed by atoms with Gasteiger partial charge in [-0.25, -0.2) is 0 Å². The number of imide groups is 1. The Balaban J connectivity index is 1.90. The van der Waals surface area contributed by atoms with Crippen LogP contribution in [0.1, 0.15) is 12.0 Å². The highest BCUT2D eigenvalue weighted by Crippen LogP contribution is 2.22. The quantitative estimate of drug-likeness (QED) is 0.585. The summed E-state index contributed by atoms with van der Waals surface area (Å²) in [5.41, 5.74) is 1.04. The van der Waals surface area contributed by atoms with Crippen LogP contribution in [0.15, 0.2) is 30.4 Å². The first kappa shape index (κ1) is 16.8. The van der Waals surface area contributed by atoms with E-state index in [2.05, 4.69) is 9.50 Å². The van der Waals surface area contributed by atoms with Gasteiger partial charge in [0, 0.05) is 30.8 Å². The maximum atomic E-state index is 11.9. The topological polar surface area (TPSA) is 113 Å². The predicted octanol–water partition coefficient (Wildman–Crippen LogP) is 0.764. The van der Waals surface area contributed by atoms with E-state index in [-0.39, 0.29) is 24.6 Å². The van der Waals surface area contributed by atoms with Gasteiger partial charge in [0.25, 0.3) is 11.8 Å². The fourth-order valence-corrected chi connectivity index (χ4v) is 2.33. The molecular formula is C14H14N2O6S. The fraction of sp³-hybridized carbons (Fsp3) is 0.214. The summed E-state index contributed by atoms with van der Waals surface area (Å²) < 4.78 is 23.9. The first-order chi connectivity index (χ1) is 10.9. The highest BCUT2D eigenvalue weighted by Gasteiger charge is 2.23. The Hall–Kier alpha value is -2.52. The number of anilines is 1. The van der Waals surface area contributed by atoms with E-state index in [9.17, 15) is 18.6 Å². The molecule has 0 bridgehead atoms. The fourth-order valence-electron chi connectivity index (χ4n) is 1.99. The summed E-state index contributed by atoms with van der Waals surface area (Å²) in [6.45, 7) is 1.66. The second-order valence-electron chi connectivity index (χ2n) is 4.74. The molecule has 0 saturated carbocycles. The molecule has 0 fully saturated rings. The van der Waals surface area contributed by atoms with Gasteiger partial charge in [-0.05, 0) is 30.7 Å². The summed E-state index contributed by atoms with van der Waals surface area (Å²) in [7, 11) is 0. The zero-order valence-corrected chi connectivity index (χ0v) is 13.0. The smallest absolute Gasteiger partial charge is 0.357 e. The first-order valence-electron chi connectivity index (χ1n) is 6.60. The van der Waals surface area contributed by atoms with Crippen LogP contribution in [0.25, 0.3) is 0 Å². The molecule has 1 heterocycles. The van der Waals surface area contributed by atoms with Crippen LogP contribution in [0.2, 0.25) is 0 Å². The minimum Gasteiger partial charge on any atom is -0.380 e. The average molecular weight is 338 g/mol. The molecule has 1 atom stereocenters. The van der Waals surface area contributed by atoms with Crippen molar-refractivity contribution in [2.75, 3.05) is 11.9 Å². The van der Waals surface area contributed by atoms with Gasteiger partial charge in [0.15, 0.2) is 0 Å². The lowest BCUT2D eigenvalue weighted by Gasteiger charge is -2.13. The summed E-state index contributed by atoms with van der Waals surface area (Å²) in [5.74, 6) is -1.01.